The molecule has 2 amide bonds. The maximum absolute atomic E-state index is 13.1. The zero-order chi connectivity index (χ0) is 32.5. The zero-order valence-corrected chi connectivity index (χ0v) is 27.5. The number of carbonyl (C=O) groups excluding carboxylic acids is 2. The summed E-state index contributed by atoms with van der Waals surface area (Å²) in [6.07, 6.45) is -0.938. The third kappa shape index (κ3) is 6.39. The fourth-order valence-corrected chi connectivity index (χ4v) is 8.12. The molecule has 1 N–H and O–H groups in total. The van der Waals surface area contributed by atoms with Crippen LogP contribution in [0.1, 0.15) is 67.3 Å². The van der Waals surface area contributed by atoms with Gasteiger partial charge in [0.05, 0.1) is 36.5 Å². The van der Waals surface area contributed by atoms with Crippen molar-refractivity contribution in [1.82, 2.24) is 15.1 Å². The van der Waals surface area contributed by atoms with E-state index in [1.54, 1.807) is 47.4 Å². The van der Waals surface area contributed by atoms with E-state index in [1.807, 2.05) is 79.7 Å². The van der Waals surface area contributed by atoms with Crippen LogP contribution in [0.25, 0.3) is 11.1 Å². The first kappa shape index (κ1) is 31.4. The minimum atomic E-state index is -0.599. The maximum Gasteiger partial charge on any atom is 0.261 e. The van der Waals surface area contributed by atoms with E-state index in [1.165, 1.54) is 4.90 Å². The molecule has 10 heteroatoms. The van der Waals surface area contributed by atoms with Gasteiger partial charge in [-0.05, 0) is 46.9 Å². The third-order valence-electron chi connectivity index (χ3n) is 8.72. The Bertz CT molecular complexity index is 1880. The lowest BCUT2D eigenvalue weighted by Gasteiger charge is -2.41. The molecule has 4 atom stereocenters. The minimum absolute atomic E-state index is 0.0125. The Hall–Kier alpha value is -4.19. The van der Waals surface area contributed by atoms with Gasteiger partial charge in [-0.25, -0.2) is 0 Å². The Morgan fingerprint density at radius 3 is 2.09 bits per heavy atom. The van der Waals surface area contributed by atoms with Crippen LogP contribution in [0, 0.1) is 12.8 Å². The van der Waals surface area contributed by atoms with Crippen LogP contribution in [0.3, 0.4) is 0 Å². The second-order valence-electron chi connectivity index (χ2n) is 11.7. The molecular formula is C37H33N3O5S2. The highest BCUT2D eigenvalue weighted by Gasteiger charge is 2.39. The number of imide groups is 1. The van der Waals surface area contributed by atoms with Gasteiger partial charge in [-0.1, -0.05) is 115 Å². The molecule has 1 aromatic heterocycles. The SMILES string of the molecule is Cc1nnc(SC[C@@H]2O[C@H](c3ccc(-c4ccccc4CN4C(=O)c5ccccc5C4=O)cc3)O[C@H](c3ccc(CO)cc3)[C@@H]2C)s1. The van der Waals surface area contributed by atoms with Crippen LogP contribution in [-0.2, 0) is 22.6 Å². The van der Waals surface area contributed by atoms with Crippen LogP contribution in [0.5, 0.6) is 0 Å². The highest BCUT2D eigenvalue weighted by Crippen LogP contribution is 2.43. The highest BCUT2D eigenvalue weighted by atomic mass is 32.2. The Morgan fingerprint density at radius 1 is 0.809 bits per heavy atom. The number of aliphatic hydroxyl groups excluding tert-OH is 1. The summed E-state index contributed by atoms with van der Waals surface area (Å²) >= 11 is 3.22. The summed E-state index contributed by atoms with van der Waals surface area (Å²) in [4.78, 5) is 27.5. The van der Waals surface area contributed by atoms with Crippen LogP contribution in [-0.4, -0.2) is 43.9 Å². The Kier molecular flexibility index (Phi) is 9.02. The molecule has 7 rings (SSSR count). The number of rotatable bonds is 9. The average Bonchev–Trinajstić information content (AvgIpc) is 3.64. The summed E-state index contributed by atoms with van der Waals surface area (Å²) in [5.41, 5.74) is 6.43. The number of ether oxygens (including phenoxy) is 2. The van der Waals surface area contributed by atoms with Gasteiger partial charge in [-0.2, -0.15) is 0 Å². The standard InChI is InChI=1S/C37H33N3O5S2/c1-22-32(21-46-37-39-38-23(2)47-37)44-36(45-33(22)26-13-11-24(20-41)12-14-26)27-17-15-25(16-18-27)29-8-4-3-7-28(29)19-40-34(42)30-9-5-6-10-31(30)35(40)43/h3-18,22,32-33,36,41H,19-21H2,1-2H3/t22-,32+,33+,36+/m1/s1. The molecule has 0 unspecified atom stereocenters. The summed E-state index contributed by atoms with van der Waals surface area (Å²) in [6.45, 7) is 4.26. The number of benzene rings is 4. The van der Waals surface area contributed by atoms with Crippen molar-refractivity contribution < 1.29 is 24.2 Å². The summed E-state index contributed by atoms with van der Waals surface area (Å²) in [7, 11) is 0. The van der Waals surface area contributed by atoms with Gasteiger partial charge in [-0.15, -0.1) is 10.2 Å². The van der Waals surface area contributed by atoms with Gasteiger partial charge in [0.1, 0.15) is 5.01 Å². The summed E-state index contributed by atoms with van der Waals surface area (Å²) in [5, 5.41) is 18.9. The van der Waals surface area contributed by atoms with Gasteiger partial charge < -0.3 is 14.6 Å². The van der Waals surface area contributed by atoms with Gasteiger partial charge in [0.25, 0.3) is 11.8 Å². The Morgan fingerprint density at radius 2 is 1.45 bits per heavy atom. The van der Waals surface area contributed by atoms with E-state index in [2.05, 4.69) is 17.1 Å². The molecule has 0 radical (unpaired) electrons. The Balaban J connectivity index is 1.13. The predicted octanol–water partition coefficient (Wildman–Crippen LogP) is 7.39. The smallest absolute Gasteiger partial charge is 0.261 e. The van der Waals surface area contributed by atoms with Crippen LogP contribution in [0.4, 0.5) is 0 Å². The van der Waals surface area contributed by atoms with Gasteiger partial charge >= 0.3 is 0 Å². The van der Waals surface area contributed by atoms with Crippen molar-refractivity contribution in [3.05, 3.63) is 135 Å². The number of carbonyl (C=O) groups is 2. The van der Waals surface area contributed by atoms with Crippen molar-refractivity contribution in [3.8, 4) is 11.1 Å². The molecule has 0 saturated carbocycles. The van der Waals surface area contributed by atoms with Crippen LogP contribution < -0.4 is 0 Å². The third-order valence-corrected chi connectivity index (χ3v) is 10.8. The highest BCUT2D eigenvalue weighted by molar-refractivity contribution is 8.01. The van der Waals surface area contributed by atoms with E-state index in [4.69, 9.17) is 9.47 Å². The van der Waals surface area contributed by atoms with E-state index in [-0.39, 0.29) is 43.1 Å². The first-order chi connectivity index (χ1) is 22.9. The van der Waals surface area contributed by atoms with Crippen molar-refractivity contribution in [3.63, 3.8) is 0 Å². The maximum atomic E-state index is 13.1. The number of nitrogens with zero attached hydrogens (tertiary/aromatic N) is 3. The molecule has 1 saturated heterocycles. The topological polar surface area (TPSA) is 102 Å². The molecule has 0 spiro atoms. The number of hydrogen-bond acceptors (Lipinski definition) is 9. The normalized spacial score (nSPS) is 20.9. The van der Waals surface area contributed by atoms with Crippen molar-refractivity contribution in [2.45, 2.75) is 49.8 Å². The van der Waals surface area contributed by atoms with Crippen LogP contribution in [0.15, 0.2) is 101 Å². The Labute approximate surface area is 281 Å². The molecule has 0 bridgehead atoms. The van der Waals surface area contributed by atoms with E-state index < -0.39 is 6.29 Å². The fourth-order valence-electron chi connectivity index (χ4n) is 6.11. The molecule has 47 heavy (non-hydrogen) atoms. The molecule has 238 valence electrons. The number of aliphatic hydroxyl groups is 1. The lowest BCUT2D eigenvalue weighted by molar-refractivity contribution is -0.268. The number of thioether (sulfide) groups is 1. The summed E-state index contributed by atoms with van der Waals surface area (Å²) in [6, 6.07) is 30.8. The van der Waals surface area contributed by atoms with Crippen molar-refractivity contribution >= 4 is 34.9 Å². The van der Waals surface area contributed by atoms with E-state index in [0.29, 0.717) is 16.9 Å². The summed E-state index contributed by atoms with van der Waals surface area (Å²) in [5.74, 6) is 0.211. The number of fused-ring (bicyclic) bond motifs is 1. The number of hydrogen-bond donors (Lipinski definition) is 1. The van der Waals surface area contributed by atoms with Gasteiger partial charge in [0.2, 0.25) is 0 Å². The van der Waals surface area contributed by atoms with Gasteiger partial charge in [-0.3, -0.25) is 14.5 Å². The molecular weight excluding hydrogens is 631 g/mol. The fraction of sp³-hybridized carbons (Fsp3) is 0.243. The van der Waals surface area contributed by atoms with Crippen LogP contribution >= 0.6 is 23.1 Å². The van der Waals surface area contributed by atoms with Crippen molar-refractivity contribution in [1.29, 1.82) is 0 Å². The molecule has 8 nitrogen and oxygen atoms in total. The average molecular weight is 664 g/mol. The van der Waals surface area contributed by atoms with E-state index in [0.717, 1.165) is 42.7 Å². The lowest BCUT2D eigenvalue weighted by atomic mass is 9.91. The van der Waals surface area contributed by atoms with Gasteiger partial charge in [0.15, 0.2) is 10.6 Å². The number of aromatic nitrogens is 2. The lowest BCUT2D eigenvalue weighted by Crippen LogP contribution is -2.38. The molecule has 3 heterocycles. The molecule has 2 aliphatic heterocycles. The molecule has 1 fully saturated rings. The quantitative estimate of drug-likeness (QED) is 0.129. The summed E-state index contributed by atoms with van der Waals surface area (Å²) < 4.78 is 14.2. The second-order valence-corrected chi connectivity index (χ2v) is 14.2. The van der Waals surface area contributed by atoms with Crippen molar-refractivity contribution in [2.24, 2.45) is 5.92 Å². The van der Waals surface area contributed by atoms with E-state index in [9.17, 15) is 14.7 Å². The zero-order valence-electron chi connectivity index (χ0n) is 25.9. The van der Waals surface area contributed by atoms with Gasteiger partial charge in [0, 0.05) is 17.2 Å². The van der Waals surface area contributed by atoms with Crippen LogP contribution in [0.2, 0.25) is 0 Å². The number of amides is 2. The minimum Gasteiger partial charge on any atom is -0.392 e. The molecule has 4 aromatic carbocycles. The first-order valence-electron chi connectivity index (χ1n) is 15.5. The molecule has 2 aliphatic rings. The second kappa shape index (κ2) is 13.5. The number of aryl methyl sites for hydroxylation is 1. The van der Waals surface area contributed by atoms with E-state index >= 15 is 0 Å². The van der Waals surface area contributed by atoms with Crippen molar-refractivity contribution in [2.75, 3.05) is 5.75 Å². The largest absolute Gasteiger partial charge is 0.392 e. The first-order valence-corrected chi connectivity index (χ1v) is 17.3. The predicted molar refractivity (Wildman–Crippen MR) is 181 cm³/mol. The molecule has 5 aromatic rings. The molecule has 0 aliphatic carbocycles. The monoisotopic (exact) mass is 663 g/mol.